The number of benzene rings is 2. The first-order valence-corrected chi connectivity index (χ1v) is 7.82. The number of allylic oxidation sites excluding steroid dienone is 1. The van der Waals surface area contributed by atoms with E-state index in [4.69, 9.17) is 0 Å². The van der Waals surface area contributed by atoms with Crippen LogP contribution in [0.4, 0.5) is 0 Å². The van der Waals surface area contributed by atoms with Gasteiger partial charge in [-0.25, -0.2) is 0 Å². The van der Waals surface area contributed by atoms with Crippen LogP contribution in [-0.2, 0) is 12.8 Å². The summed E-state index contributed by atoms with van der Waals surface area (Å²) in [4.78, 5) is 0. The lowest BCUT2D eigenvalue weighted by atomic mass is 10.00. The van der Waals surface area contributed by atoms with Gasteiger partial charge in [0.25, 0.3) is 0 Å². The molecule has 0 aliphatic heterocycles. The van der Waals surface area contributed by atoms with Crippen LogP contribution >= 0.6 is 0 Å². The molecule has 0 saturated carbocycles. The number of aryl methyl sites for hydroxylation is 1. The van der Waals surface area contributed by atoms with Crippen LogP contribution in [0.3, 0.4) is 0 Å². The van der Waals surface area contributed by atoms with Gasteiger partial charge in [-0.05, 0) is 37.3 Å². The predicted molar refractivity (Wildman–Crippen MR) is 95.8 cm³/mol. The third-order valence-corrected chi connectivity index (χ3v) is 3.81. The Morgan fingerprint density at radius 2 is 1.45 bits per heavy atom. The van der Waals surface area contributed by atoms with Gasteiger partial charge >= 0.3 is 0 Å². The van der Waals surface area contributed by atoms with Crippen LogP contribution in [0.2, 0.25) is 0 Å². The van der Waals surface area contributed by atoms with Gasteiger partial charge < -0.3 is 5.32 Å². The summed E-state index contributed by atoms with van der Waals surface area (Å²) in [6, 6.07) is 21.3. The maximum absolute atomic E-state index is 4.18. The molecule has 1 atom stereocenters. The van der Waals surface area contributed by atoms with Crippen LogP contribution in [0.25, 0.3) is 0 Å². The number of hydrogen-bond donors (Lipinski definition) is 1. The zero-order chi connectivity index (χ0) is 15.8. The third-order valence-electron chi connectivity index (χ3n) is 3.81. The second-order valence-electron chi connectivity index (χ2n) is 5.82. The van der Waals surface area contributed by atoms with Crippen molar-refractivity contribution in [2.24, 2.45) is 0 Å². The quantitative estimate of drug-likeness (QED) is 0.681. The van der Waals surface area contributed by atoms with Crippen molar-refractivity contribution in [3.63, 3.8) is 0 Å². The van der Waals surface area contributed by atoms with E-state index in [1.54, 1.807) is 0 Å². The molecule has 0 aliphatic carbocycles. The Hall–Kier alpha value is -2.28. The Bertz CT molecular complexity index is 598. The topological polar surface area (TPSA) is 12.0 Å². The summed E-state index contributed by atoms with van der Waals surface area (Å²) < 4.78 is 0. The second-order valence-corrected chi connectivity index (χ2v) is 5.82. The van der Waals surface area contributed by atoms with Crippen molar-refractivity contribution in [2.45, 2.75) is 32.2 Å². The van der Waals surface area contributed by atoms with Crippen molar-refractivity contribution < 1.29 is 0 Å². The highest BCUT2D eigenvalue weighted by atomic mass is 14.9. The van der Waals surface area contributed by atoms with Gasteiger partial charge in [-0.2, -0.15) is 0 Å². The fourth-order valence-electron chi connectivity index (χ4n) is 2.46. The van der Waals surface area contributed by atoms with Crippen LogP contribution < -0.4 is 5.32 Å². The first-order valence-electron chi connectivity index (χ1n) is 7.82. The molecule has 0 saturated heterocycles. The normalized spacial score (nSPS) is 11.7. The van der Waals surface area contributed by atoms with E-state index >= 15 is 0 Å². The Morgan fingerprint density at radius 1 is 0.909 bits per heavy atom. The molecule has 0 fully saturated rings. The van der Waals surface area contributed by atoms with E-state index in [0.717, 1.165) is 30.5 Å². The van der Waals surface area contributed by atoms with Crippen molar-refractivity contribution in [1.29, 1.82) is 0 Å². The standard InChI is InChI=1S/C21H25N/c1-17(2)21(16-20-12-8-5-9-13-20)22-18(3)14-15-19-10-6-4-7-11-19/h4-13,21-22H,1,3,14-16H2,2H3. The summed E-state index contributed by atoms with van der Waals surface area (Å²) in [5, 5.41) is 3.54. The first kappa shape index (κ1) is 16.1. The SMILES string of the molecule is C=C(CCc1ccccc1)NC(Cc1ccccc1)C(=C)C. The molecule has 0 radical (unpaired) electrons. The van der Waals surface area contributed by atoms with Gasteiger partial charge in [0.1, 0.15) is 0 Å². The van der Waals surface area contributed by atoms with Crippen LogP contribution in [0, 0.1) is 0 Å². The van der Waals surface area contributed by atoms with Crippen molar-refractivity contribution in [1.82, 2.24) is 5.32 Å². The van der Waals surface area contributed by atoms with E-state index < -0.39 is 0 Å². The minimum absolute atomic E-state index is 0.241. The third kappa shape index (κ3) is 5.25. The Labute approximate surface area is 134 Å². The Kier molecular flexibility index (Phi) is 6.02. The number of nitrogens with one attached hydrogen (secondary N) is 1. The van der Waals surface area contributed by atoms with Crippen molar-refractivity contribution in [2.75, 3.05) is 0 Å². The zero-order valence-corrected chi connectivity index (χ0v) is 13.4. The molecule has 0 aromatic heterocycles. The lowest BCUT2D eigenvalue weighted by Crippen LogP contribution is -2.31. The molecule has 0 amide bonds. The van der Waals surface area contributed by atoms with Gasteiger partial charge in [-0.3, -0.25) is 0 Å². The molecule has 2 aromatic carbocycles. The summed E-state index contributed by atoms with van der Waals surface area (Å²) in [6.45, 7) is 10.4. The maximum atomic E-state index is 4.18. The highest BCUT2D eigenvalue weighted by molar-refractivity contribution is 5.21. The average molecular weight is 291 g/mol. The molecule has 1 N–H and O–H groups in total. The Balaban J connectivity index is 1.88. The Morgan fingerprint density at radius 3 is 2.00 bits per heavy atom. The summed E-state index contributed by atoms with van der Waals surface area (Å²) in [6.07, 6.45) is 2.91. The van der Waals surface area contributed by atoms with Gasteiger partial charge in [0.2, 0.25) is 0 Å². The fourth-order valence-corrected chi connectivity index (χ4v) is 2.46. The molecule has 1 nitrogen and oxygen atoms in total. The minimum atomic E-state index is 0.241. The van der Waals surface area contributed by atoms with E-state index in [0.29, 0.717) is 0 Å². The van der Waals surface area contributed by atoms with Crippen molar-refractivity contribution in [3.05, 3.63) is 96.2 Å². The molecule has 1 heteroatoms. The summed E-state index contributed by atoms with van der Waals surface area (Å²) in [7, 11) is 0. The molecule has 2 aromatic rings. The second kappa shape index (κ2) is 8.23. The van der Waals surface area contributed by atoms with Crippen LogP contribution in [0.1, 0.15) is 24.5 Å². The first-order chi connectivity index (χ1) is 10.6. The average Bonchev–Trinajstić information content (AvgIpc) is 2.54. The summed E-state index contributed by atoms with van der Waals surface area (Å²) >= 11 is 0. The molecule has 2 rings (SSSR count). The molecule has 22 heavy (non-hydrogen) atoms. The summed E-state index contributed by atoms with van der Waals surface area (Å²) in [5.41, 5.74) is 4.89. The molecule has 114 valence electrons. The van der Waals surface area contributed by atoms with Gasteiger partial charge in [-0.1, -0.05) is 79.4 Å². The number of rotatable bonds is 8. The smallest absolute Gasteiger partial charge is 0.0505 e. The lowest BCUT2D eigenvalue weighted by Gasteiger charge is -2.22. The van der Waals surface area contributed by atoms with Gasteiger partial charge in [0.15, 0.2) is 0 Å². The summed E-state index contributed by atoms with van der Waals surface area (Å²) in [5.74, 6) is 0. The molecule has 0 bridgehead atoms. The van der Waals surface area contributed by atoms with Gasteiger partial charge in [0.05, 0.1) is 6.04 Å². The zero-order valence-electron chi connectivity index (χ0n) is 13.4. The molecule has 0 aliphatic rings. The van der Waals surface area contributed by atoms with Crippen molar-refractivity contribution in [3.8, 4) is 0 Å². The van der Waals surface area contributed by atoms with Crippen LogP contribution in [-0.4, -0.2) is 6.04 Å². The minimum Gasteiger partial charge on any atom is -0.382 e. The molecule has 0 heterocycles. The maximum Gasteiger partial charge on any atom is 0.0505 e. The molecule has 0 spiro atoms. The molecular formula is C21H25N. The highest BCUT2D eigenvalue weighted by Crippen LogP contribution is 2.12. The lowest BCUT2D eigenvalue weighted by molar-refractivity contribution is 0.615. The van der Waals surface area contributed by atoms with E-state index in [2.05, 4.69) is 73.9 Å². The van der Waals surface area contributed by atoms with Crippen LogP contribution in [0.5, 0.6) is 0 Å². The van der Waals surface area contributed by atoms with Gasteiger partial charge in [-0.15, -0.1) is 0 Å². The molecule has 1 unspecified atom stereocenters. The predicted octanol–water partition coefficient (Wildman–Crippen LogP) is 4.91. The van der Waals surface area contributed by atoms with Crippen molar-refractivity contribution >= 4 is 0 Å². The van der Waals surface area contributed by atoms with E-state index in [1.165, 1.54) is 11.1 Å². The molecular weight excluding hydrogens is 266 g/mol. The van der Waals surface area contributed by atoms with Gasteiger partial charge in [0, 0.05) is 5.70 Å². The number of hydrogen-bond acceptors (Lipinski definition) is 1. The fraction of sp³-hybridized carbons (Fsp3) is 0.238. The van der Waals surface area contributed by atoms with E-state index in [9.17, 15) is 0 Å². The van der Waals surface area contributed by atoms with E-state index in [-0.39, 0.29) is 6.04 Å². The van der Waals surface area contributed by atoms with Crippen LogP contribution in [0.15, 0.2) is 85.1 Å². The largest absolute Gasteiger partial charge is 0.382 e. The van der Waals surface area contributed by atoms with E-state index in [1.807, 2.05) is 12.1 Å². The highest BCUT2D eigenvalue weighted by Gasteiger charge is 2.11. The monoisotopic (exact) mass is 291 g/mol.